The summed E-state index contributed by atoms with van der Waals surface area (Å²) >= 11 is 0. The number of piperidine rings is 1. The number of nitrogens with zero attached hydrogens (tertiary/aromatic N) is 1. The predicted octanol–water partition coefficient (Wildman–Crippen LogP) is 2.73. The van der Waals surface area contributed by atoms with Gasteiger partial charge in [0.25, 0.3) is 11.8 Å². The van der Waals surface area contributed by atoms with Gasteiger partial charge in [-0.2, -0.15) is 4.31 Å². The highest BCUT2D eigenvalue weighted by molar-refractivity contribution is 7.89. The highest BCUT2D eigenvalue weighted by Gasteiger charge is 2.26. The van der Waals surface area contributed by atoms with Crippen LogP contribution in [0.15, 0.2) is 47.4 Å². The van der Waals surface area contributed by atoms with E-state index in [0.717, 1.165) is 25.7 Å². The first-order valence-corrected chi connectivity index (χ1v) is 12.3. The number of methoxy groups -OCH3 is 1. The van der Waals surface area contributed by atoms with Gasteiger partial charge in [0.2, 0.25) is 10.0 Å². The van der Waals surface area contributed by atoms with Crippen molar-refractivity contribution in [1.82, 2.24) is 15.2 Å². The average molecular weight is 476 g/mol. The average Bonchev–Trinajstić information content (AvgIpc) is 2.86. The summed E-state index contributed by atoms with van der Waals surface area (Å²) in [7, 11) is -2.09. The lowest BCUT2D eigenvalue weighted by Crippen LogP contribution is -2.41. The Hall–Kier alpha value is -3.11. The van der Waals surface area contributed by atoms with E-state index in [1.807, 2.05) is 6.92 Å². The molecule has 0 spiro atoms. The first kappa shape index (κ1) is 24.5. The second-order valence-electron chi connectivity index (χ2n) is 7.61. The molecule has 2 aromatic rings. The van der Waals surface area contributed by atoms with Crippen LogP contribution in [0.4, 0.5) is 0 Å². The van der Waals surface area contributed by atoms with Crippen molar-refractivity contribution in [3.8, 4) is 11.5 Å². The topological polar surface area (TPSA) is 114 Å². The van der Waals surface area contributed by atoms with Crippen LogP contribution in [0.2, 0.25) is 0 Å². The molecule has 1 aliphatic heterocycles. The van der Waals surface area contributed by atoms with E-state index in [0.29, 0.717) is 31.2 Å². The molecule has 1 heterocycles. The van der Waals surface area contributed by atoms with E-state index in [2.05, 4.69) is 10.9 Å². The highest BCUT2D eigenvalue weighted by atomic mass is 32.2. The third kappa shape index (κ3) is 6.02. The molecule has 0 bridgehead atoms. The van der Waals surface area contributed by atoms with Gasteiger partial charge in [-0.05, 0) is 61.7 Å². The lowest BCUT2D eigenvalue weighted by atomic mass is 10.2. The number of hydrazine groups is 1. The molecule has 0 saturated carbocycles. The largest absolute Gasteiger partial charge is 0.493 e. The quantitative estimate of drug-likeness (QED) is 0.568. The summed E-state index contributed by atoms with van der Waals surface area (Å²) in [6, 6.07) is 10.4. The molecule has 2 amide bonds. The Balaban J connectivity index is 1.61. The fourth-order valence-electron chi connectivity index (χ4n) is 3.43. The maximum Gasteiger partial charge on any atom is 0.269 e. The van der Waals surface area contributed by atoms with Crippen molar-refractivity contribution in [2.75, 3.05) is 26.8 Å². The van der Waals surface area contributed by atoms with Crippen LogP contribution in [-0.2, 0) is 10.0 Å². The summed E-state index contributed by atoms with van der Waals surface area (Å²) in [5, 5.41) is 0. The van der Waals surface area contributed by atoms with Gasteiger partial charge in [-0.1, -0.05) is 13.3 Å². The molecular weight excluding hydrogens is 446 g/mol. The molecule has 1 saturated heterocycles. The zero-order valence-corrected chi connectivity index (χ0v) is 19.6. The standard InChI is InChI=1S/C23H29N3O6S/c1-3-15-32-20-12-9-18(16-21(20)31-2)23(28)25-24-22(27)17-7-10-19(11-8-17)33(29,30)26-13-5-4-6-14-26/h7-12,16H,3-6,13-15H2,1-2H3,(H,24,27)(H,25,28). The van der Waals surface area contributed by atoms with Crippen LogP contribution in [0.5, 0.6) is 11.5 Å². The summed E-state index contributed by atoms with van der Waals surface area (Å²) in [4.78, 5) is 25.0. The van der Waals surface area contributed by atoms with E-state index in [4.69, 9.17) is 9.47 Å². The highest BCUT2D eigenvalue weighted by Crippen LogP contribution is 2.28. The molecule has 0 unspecified atom stereocenters. The van der Waals surface area contributed by atoms with Crippen LogP contribution in [0, 0.1) is 0 Å². The van der Waals surface area contributed by atoms with E-state index in [-0.39, 0.29) is 16.0 Å². The van der Waals surface area contributed by atoms with Crippen LogP contribution in [0.1, 0.15) is 53.3 Å². The zero-order valence-electron chi connectivity index (χ0n) is 18.8. The number of rotatable bonds is 8. The number of amides is 2. The molecule has 178 valence electrons. The molecule has 2 N–H and O–H groups in total. The minimum atomic E-state index is -3.57. The number of hydrogen-bond acceptors (Lipinski definition) is 6. The molecule has 1 aliphatic rings. The van der Waals surface area contributed by atoms with Crippen molar-refractivity contribution in [3.05, 3.63) is 53.6 Å². The molecule has 0 aliphatic carbocycles. The monoisotopic (exact) mass is 475 g/mol. The van der Waals surface area contributed by atoms with Crippen molar-refractivity contribution >= 4 is 21.8 Å². The van der Waals surface area contributed by atoms with Crippen molar-refractivity contribution in [1.29, 1.82) is 0 Å². The fraction of sp³-hybridized carbons (Fsp3) is 0.391. The Morgan fingerprint density at radius 3 is 2.12 bits per heavy atom. The first-order valence-electron chi connectivity index (χ1n) is 10.9. The van der Waals surface area contributed by atoms with Gasteiger partial charge >= 0.3 is 0 Å². The van der Waals surface area contributed by atoms with E-state index >= 15 is 0 Å². The minimum Gasteiger partial charge on any atom is -0.493 e. The van der Waals surface area contributed by atoms with Gasteiger partial charge in [-0.15, -0.1) is 0 Å². The molecule has 0 aromatic heterocycles. The molecule has 33 heavy (non-hydrogen) atoms. The molecule has 0 atom stereocenters. The second kappa shape index (κ2) is 11.2. The van der Waals surface area contributed by atoms with Gasteiger partial charge in [0.1, 0.15) is 0 Å². The van der Waals surface area contributed by atoms with Gasteiger partial charge in [0.15, 0.2) is 11.5 Å². The molecule has 0 radical (unpaired) electrons. The minimum absolute atomic E-state index is 0.141. The number of sulfonamides is 1. The number of nitrogens with one attached hydrogen (secondary N) is 2. The van der Waals surface area contributed by atoms with Crippen LogP contribution in [0.3, 0.4) is 0 Å². The van der Waals surface area contributed by atoms with Crippen LogP contribution < -0.4 is 20.3 Å². The SMILES string of the molecule is CCCOc1ccc(C(=O)NNC(=O)c2ccc(S(=O)(=O)N3CCCCC3)cc2)cc1OC. The summed E-state index contributed by atoms with van der Waals surface area (Å²) in [6.07, 6.45) is 3.56. The molecule has 1 fully saturated rings. The maximum absolute atomic E-state index is 12.7. The van der Waals surface area contributed by atoms with E-state index in [1.165, 1.54) is 41.7 Å². The summed E-state index contributed by atoms with van der Waals surface area (Å²) in [5.74, 6) is -0.166. The summed E-state index contributed by atoms with van der Waals surface area (Å²) in [5.41, 5.74) is 5.17. The molecule has 3 rings (SSSR count). The first-order chi connectivity index (χ1) is 15.9. The van der Waals surface area contributed by atoms with Crippen molar-refractivity contribution < 1.29 is 27.5 Å². The van der Waals surface area contributed by atoms with Gasteiger partial charge in [-0.25, -0.2) is 8.42 Å². The predicted molar refractivity (Wildman–Crippen MR) is 123 cm³/mol. The number of benzene rings is 2. The Morgan fingerprint density at radius 1 is 0.909 bits per heavy atom. The maximum atomic E-state index is 12.7. The molecule has 9 nitrogen and oxygen atoms in total. The zero-order chi connectivity index (χ0) is 23.8. The fourth-order valence-corrected chi connectivity index (χ4v) is 4.95. The molecule has 2 aromatic carbocycles. The third-order valence-corrected chi connectivity index (χ3v) is 7.16. The smallest absolute Gasteiger partial charge is 0.269 e. The summed E-state index contributed by atoms with van der Waals surface area (Å²) < 4.78 is 37.8. The molecular formula is C23H29N3O6S. The summed E-state index contributed by atoms with van der Waals surface area (Å²) in [6.45, 7) is 3.52. The van der Waals surface area contributed by atoms with Crippen LogP contribution >= 0.6 is 0 Å². The second-order valence-corrected chi connectivity index (χ2v) is 9.55. The number of carbonyl (C=O) groups excluding carboxylic acids is 2. The van der Waals surface area contributed by atoms with E-state index in [1.54, 1.807) is 12.1 Å². The van der Waals surface area contributed by atoms with Gasteiger partial charge in [0.05, 0.1) is 18.6 Å². The van der Waals surface area contributed by atoms with Crippen molar-refractivity contribution in [2.45, 2.75) is 37.5 Å². The number of carbonyl (C=O) groups is 2. The Morgan fingerprint density at radius 2 is 1.52 bits per heavy atom. The lowest BCUT2D eigenvalue weighted by molar-refractivity contribution is 0.0846. The van der Waals surface area contributed by atoms with Gasteiger partial charge < -0.3 is 9.47 Å². The van der Waals surface area contributed by atoms with Crippen molar-refractivity contribution in [3.63, 3.8) is 0 Å². The van der Waals surface area contributed by atoms with Crippen LogP contribution in [-0.4, -0.2) is 51.3 Å². The number of ether oxygens (including phenoxy) is 2. The lowest BCUT2D eigenvalue weighted by Gasteiger charge is -2.25. The Labute approximate surface area is 194 Å². The van der Waals surface area contributed by atoms with Gasteiger partial charge in [-0.3, -0.25) is 20.4 Å². The number of hydrogen-bond donors (Lipinski definition) is 2. The van der Waals surface area contributed by atoms with E-state index in [9.17, 15) is 18.0 Å². The van der Waals surface area contributed by atoms with Gasteiger partial charge in [0, 0.05) is 24.2 Å². The van der Waals surface area contributed by atoms with Crippen LogP contribution in [0.25, 0.3) is 0 Å². The van der Waals surface area contributed by atoms with Crippen molar-refractivity contribution in [2.24, 2.45) is 0 Å². The molecule has 10 heteroatoms. The Bertz CT molecular complexity index is 1080. The van der Waals surface area contributed by atoms with E-state index < -0.39 is 21.8 Å². The third-order valence-electron chi connectivity index (χ3n) is 5.25. The Kier molecular flexibility index (Phi) is 8.29. The normalized spacial score (nSPS) is 14.4.